The second-order valence-corrected chi connectivity index (χ2v) is 9.66. The number of thioether (sulfide) groups is 1. The maximum atomic E-state index is 12.9. The topological polar surface area (TPSA) is 81.3 Å². The number of hydrogen-bond donors (Lipinski definition) is 0. The average molecular weight is 537 g/mol. The van der Waals surface area contributed by atoms with Gasteiger partial charge in [0.05, 0.1) is 5.69 Å². The number of anilines is 1. The molecular formula is C25H21BrN4O3S. The summed E-state index contributed by atoms with van der Waals surface area (Å²) in [4.78, 5) is 19.1. The largest absolute Gasteiger partial charge is 0.455 e. The molecule has 1 aliphatic rings. The van der Waals surface area contributed by atoms with Crippen molar-refractivity contribution in [1.29, 1.82) is 0 Å². The number of benzene rings is 2. The average Bonchev–Trinajstić information content (AvgIpc) is 3.27. The number of halogens is 1. The Morgan fingerprint density at radius 3 is 2.76 bits per heavy atom. The fourth-order valence-electron chi connectivity index (χ4n) is 3.77. The van der Waals surface area contributed by atoms with E-state index in [-0.39, 0.29) is 5.91 Å². The first kappa shape index (κ1) is 22.6. The first-order valence-electron chi connectivity index (χ1n) is 10.8. The highest BCUT2D eigenvalue weighted by atomic mass is 79.9. The molecule has 1 unspecified atom stereocenters. The van der Waals surface area contributed by atoms with Crippen molar-refractivity contribution in [2.45, 2.75) is 31.7 Å². The number of furan rings is 1. The number of para-hydroxylation sites is 1. The summed E-state index contributed by atoms with van der Waals surface area (Å²) in [6.07, 6.45) is 0.127. The van der Waals surface area contributed by atoms with Gasteiger partial charge in [-0.2, -0.15) is 4.98 Å². The molecule has 0 fully saturated rings. The van der Waals surface area contributed by atoms with Crippen molar-refractivity contribution in [1.82, 2.24) is 15.2 Å². The van der Waals surface area contributed by atoms with E-state index in [0.717, 1.165) is 27.8 Å². The van der Waals surface area contributed by atoms with Crippen LogP contribution in [0.5, 0.6) is 5.88 Å². The molecule has 9 heteroatoms. The van der Waals surface area contributed by atoms with Gasteiger partial charge in [0.15, 0.2) is 11.5 Å². The number of amides is 1. The SMILES string of the molecule is CCCSc1nnc2c(n1)OC(c1ccc(-c3cccc(Br)c3)o1)N(C(C)=O)c1ccccc1-2. The molecule has 1 aliphatic heterocycles. The molecule has 7 nitrogen and oxygen atoms in total. The van der Waals surface area contributed by atoms with E-state index < -0.39 is 6.23 Å². The Kier molecular flexibility index (Phi) is 6.38. The van der Waals surface area contributed by atoms with Gasteiger partial charge in [-0.1, -0.05) is 64.9 Å². The van der Waals surface area contributed by atoms with Gasteiger partial charge >= 0.3 is 0 Å². The van der Waals surface area contributed by atoms with Gasteiger partial charge in [0.2, 0.25) is 23.2 Å². The van der Waals surface area contributed by atoms with Crippen LogP contribution in [-0.2, 0) is 4.79 Å². The summed E-state index contributed by atoms with van der Waals surface area (Å²) in [5.41, 5.74) is 2.78. The third-order valence-corrected chi connectivity index (χ3v) is 6.80. The molecule has 0 saturated heterocycles. The lowest BCUT2D eigenvalue weighted by Crippen LogP contribution is -2.35. The maximum absolute atomic E-state index is 12.9. The predicted octanol–water partition coefficient (Wildman–Crippen LogP) is 6.51. The van der Waals surface area contributed by atoms with Crippen LogP contribution in [0, 0.1) is 0 Å². The van der Waals surface area contributed by atoms with Crippen LogP contribution in [0.3, 0.4) is 0 Å². The summed E-state index contributed by atoms with van der Waals surface area (Å²) in [7, 11) is 0. The minimum Gasteiger partial charge on any atom is -0.455 e. The first-order chi connectivity index (χ1) is 16.5. The quantitative estimate of drug-likeness (QED) is 0.269. The lowest BCUT2D eigenvalue weighted by Gasteiger charge is -2.28. The normalized spacial score (nSPS) is 14.7. The summed E-state index contributed by atoms with van der Waals surface area (Å²) in [5, 5.41) is 9.24. The van der Waals surface area contributed by atoms with Crippen molar-refractivity contribution in [3.8, 4) is 28.5 Å². The number of hydrogen-bond acceptors (Lipinski definition) is 7. The number of aromatic nitrogens is 3. The van der Waals surface area contributed by atoms with Crippen molar-refractivity contribution in [3.05, 3.63) is 70.9 Å². The maximum Gasteiger partial charge on any atom is 0.247 e. The highest BCUT2D eigenvalue weighted by Crippen LogP contribution is 2.44. The Morgan fingerprint density at radius 2 is 1.97 bits per heavy atom. The molecule has 5 rings (SSSR count). The van der Waals surface area contributed by atoms with Gasteiger partial charge in [0.25, 0.3) is 0 Å². The van der Waals surface area contributed by atoms with E-state index in [2.05, 4.69) is 38.0 Å². The van der Waals surface area contributed by atoms with Gasteiger partial charge in [-0.05, 0) is 36.8 Å². The van der Waals surface area contributed by atoms with Gasteiger partial charge in [-0.3, -0.25) is 9.69 Å². The lowest BCUT2D eigenvalue weighted by atomic mass is 10.1. The van der Waals surface area contributed by atoms with E-state index in [1.54, 1.807) is 4.90 Å². The lowest BCUT2D eigenvalue weighted by molar-refractivity contribution is -0.118. The highest BCUT2D eigenvalue weighted by molar-refractivity contribution is 9.10. The zero-order valence-electron chi connectivity index (χ0n) is 18.6. The van der Waals surface area contributed by atoms with E-state index in [1.165, 1.54) is 18.7 Å². The predicted molar refractivity (Wildman–Crippen MR) is 135 cm³/mol. The zero-order chi connectivity index (χ0) is 23.7. The van der Waals surface area contributed by atoms with Crippen molar-refractivity contribution in [2.75, 3.05) is 10.7 Å². The Balaban J connectivity index is 1.63. The van der Waals surface area contributed by atoms with Crippen LogP contribution in [0.15, 0.2) is 74.7 Å². The van der Waals surface area contributed by atoms with E-state index in [4.69, 9.17) is 9.15 Å². The molecule has 0 aliphatic carbocycles. The summed E-state index contributed by atoms with van der Waals surface area (Å²) >= 11 is 5.02. The molecule has 1 amide bonds. The van der Waals surface area contributed by atoms with Gasteiger partial charge in [-0.25, -0.2) is 0 Å². The van der Waals surface area contributed by atoms with Gasteiger partial charge in [0, 0.05) is 28.3 Å². The third kappa shape index (κ3) is 4.33. The number of carbonyl (C=O) groups is 1. The van der Waals surface area contributed by atoms with Crippen LogP contribution in [-0.4, -0.2) is 26.8 Å². The summed E-state index contributed by atoms with van der Waals surface area (Å²) < 4.78 is 13.5. The number of rotatable bonds is 5. The van der Waals surface area contributed by atoms with Crippen LogP contribution in [0.1, 0.15) is 32.3 Å². The molecule has 0 bridgehead atoms. The standard InChI is InChI=1S/C25H21BrN4O3S/c1-3-13-34-25-27-23-22(28-29-25)18-9-4-5-10-19(18)30(15(2)31)24(33-23)21-12-11-20(32-21)16-7-6-8-17(26)14-16/h4-12,14,24H,3,13H2,1-2H3. The van der Waals surface area contributed by atoms with E-state index >= 15 is 0 Å². The molecule has 1 atom stereocenters. The van der Waals surface area contributed by atoms with Crippen LogP contribution in [0.2, 0.25) is 0 Å². The van der Waals surface area contributed by atoms with Crippen molar-refractivity contribution in [2.24, 2.45) is 0 Å². The molecule has 4 aromatic rings. The number of carbonyl (C=O) groups excluding carboxylic acids is 1. The molecule has 2 aromatic carbocycles. The first-order valence-corrected chi connectivity index (χ1v) is 12.6. The van der Waals surface area contributed by atoms with E-state index in [9.17, 15) is 4.79 Å². The fourth-order valence-corrected chi connectivity index (χ4v) is 4.81. The molecular weight excluding hydrogens is 516 g/mol. The second kappa shape index (κ2) is 9.60. The number of ether oxygens (including phenoxy) is 1. The van der Waals surface area contributed by atoms with Crippen LogP contribution in [0.4, 0.5) is 5.69 Å². The van der Waals surface area contributed by atoms with Crippen LogP contribution < -0.4 is 9.64 Å². The highest BCUT2D eigenvalue weighted by Gasteiger charge is 2.36. The second-order valence-electron chi connectivity index (χ2n) is 7.69. The molecule has 34 heavy (non-hydrogen) atoms. The van der Waals surface area contributed by atoms with Gasteiger partial charge in [-0.15, -0.1) is 10.2 Å². The van der Waals surface area contributed by atoms with E-state index in [1.807, 2.05) is 60.7 Å². The summed E-state index contributed by atoms with van der Waals surface area (Å²) in [6, 6.07) is 19.0. The minimum absolute atomic E-state index is 0.195. The van der Waals surface area contributed by atoms with Crippen molar-refractivity contribution >= 4 is 39.3 Å². The minimum atomic E-state index is -0.860. The Bertz CT molecular complexity index is 1360. The fraction of sp³-hybridized carbons (Fsp3) is 0.200. The van der Waals surface area contributed by atoms with Gasteiger partial charge < -0.3 is 9.15 Å². The third-order valence-electron chi connectivity index (χ3n) is 5.27. The van der Waals surface area contributed by atoms with E-state index in [0.29, 0.717) is 33.9 Å². The molecule has 0 N–H and O–H groups in total. The Hall–Kier alpha value is -3.17. The zero-order valence-corrected chi connectivity index (χ0v) is 21.0. The Morgan fingerprint density at radius 1 is 1.12 bits per heavy atom. The Labute approximate surface area is 209 Å². The number of fused-ring (bicyclic) bond motifs is 3. The molecule has 0 radical (unpaired) electrons. The monoisotopic (exact) mass is 536 g/mol. The van der Waals surface area contributed by atoms with Gasteiger partial charge in [0.1, 0.15) is 5.76 Å². The van der Waals surface area contributed by atoms with Crippen molar-refractivity contribution in [3.63, 3.8) is 0 Å². The van der Waals surface area contributed by atoms with Crippen molar-refractivity contribution < 1.29 is 13.9 Å². The molecule has 2 aromatic heterocycles. The smallest absolute Gasteiger partial charge is 0.247 e. The summed E-state index contributed by atoms with van der Waals surface area (Å²) in [6.45, 7) is 3.60. The van der Waals surface area contributed by atoms with Crippen LogP contribution >= 0.6 is 27.7 Å². The molecule has 172 valence electrons. The summed E-state index contributed by atoms with van der Waals surface area (Å²) in [5.74, 6) is 2.14. The number of nitrogens with zero attached hydrogens (tertiary/aromatic N) is 4. The molecule has 0 spiro atoms. The van der Waals surface area contributed by atoms with Crippen LogP contribution in [0.25, 0.3) is 22.6 Å². The molecule has 3 heterocycles. The molecule has 0 saturated carbocycles.